The molecule has 4 nitrogen and oxygen atoms in total. The van der Waals surface area contributed by atoms with E-state index < -0.39 is 0 Å². The van der Waals surface area contributed by atoms with Crippen molar-refractivity contribution in [1.82, 2.24) is 0 Å². The summed E-state index contributed by atoms with van der Waals surface area (Å²) in [6, 6.07) is 219. The molecule has 1 heterocycles. The Morgan fingerprint density at radius 1 is 0.114 bits per heavy atom. The molecule has 0 atom stereocenters. The number of hydrogen-bond acceptors (Lipinski definition) is 5. The van der Waals surface area contributed by atoms with E-state index in [0.29, 0.717) is 11.4 Å². The molecule has 0 spiro atoms. The molecule has 23 aromatic rings. The molecule has 5 heteroatoms. The maximum atomic E-state index is 7.30. The molecule has 1 aromatic heterocycles. The summed E-state index contributed by atoms with van der Waals surface area (Å²) in [7, 11) is 0. The quantitative estimate of drug-likeness (QED) is 0.0480. The molecule has 0 aliphatic rings. The number of anilines is 8. The predicted octanol–water partition coefficient (Wildman–Crippen LogP) is 37.9. The van der Waals surface area contributed by atoms with E-state index in [1.165, 1.54) is 44.6 Å². The van der Waals surface area contributed by atoms with Crippen LogP contribution in [0.25, 0.3) is 110 Å². The number of nitrogens with zero attached hydrogens (tertiary/aromatic N) is 2. The van der Waals surface area contributed by atoms with Gasteiger partial charge in [0, 0.05) is 34.1 Å². The Balaban J connectivity index is 0.575. The molecular formula is C144H104N4S. The van der Waals surface area contributed by atoms with Gasteiger partial charge in [-0.1, -0.05) is 534 Å². The first-order chi connectivity index (χ1) is 73.8. The maximum Gasteiger partial charge on any atom is 0.0744 e. The van der Waals surface area contributed by atoms with Crippen molar-refractivity contribution in [3.8, 4) is 65.4 Å². The van der Waals surface area contributed by atoms with Crippen LogP contribution in [0.1, 0.15) is 89.0 Å². The molecule has 0 saturated carbocycles. The zero-order valence-corrected chi connectivity index (χ0v) is 83.0. The Morgan fingerprint density at radius 3 is 0.336 bits per heavy atom. The molecule has 706 valence electrons. The van der Waals surface area contributed by atoms with E-state index >= 15 is 0 Å². The average molecular weight is 1920 g/mol. The lowest BCUT2D eigenvalue weighted by Crippen LogP contribution is -2.09. The van der Waals surface area contributed by atoms with Gasteiger partial charge in [-0.05, 0) is 262 Å². The van der Waals surface area contributed by atoms with Crippen molar-refractivity contribution in [1.29, 1.82) is 0 Å². The highest BCUT2D eigenvalue weighted by Crippen LogP contribution is 2.51. The summed E-state index contributed by atoms with van der Waals surface area (Å²) in [5, 5.41) is 0. The van der Waals surface area contributed by atoms with E-state index in [-0.39, 0.29) is 0 Å². The highest BCUT2D eigenvalue weighted by Gasteiger charge is 2.26. The van der Waals surface area contributed by atoms with Gasteiger partial charge in [0.05, 0.1) is 21.1 Å². The Kier molecular flexibility index (Phi) is 27.2. The monoisotopic (exact) mass is 1920 g/mol. The fourth-order valence-electron chi connectivity index (χ4n) is 20.7. The summed E-state index contributed by atoms with van der Waals surface area (Å²) in [5.74, 6) is 0. The van der Waals surface area contributed by atoms with Gasteiger partial charge in [0.2, 0.25) is 0 Å². The van der Waals surface area contributed by atoms with Crippen molar-refractivity contribution in [2.24, 2.45) is 0 Å². The van der Waals surface area contributed by atoms with Crippen molar-refractivity contribution >= 4 is 101 Å². The van der Waals surface area contributed by atoms with Crippen molar-refractivity contribution in [3.63, 3.8) is 0 Å². The molecule has 4 N–H and O–H groups in total. The molecule has 0 unspecified atom stereocenters. The van der Waals surface area contributed by atoms with E-state index in [0.717, 1.165) is 189 Å². The Bertz CT molecular complexity index is 7510. The molecular weight excluding hydrogens is 1820 g/mol. The smallest absolute Gasteiger partial charge is 0.0744 e. The second-order valence-electron chi connectivity index (χ2n) is 37.2. The van der Waals surface area contributed by atoms with Gasteiger partial charge in [0.15, 0.2) is 0 Å². The lowest BCUT2D eigenvalue weighted by Gasteiger charge is -2.26. The molecule has 23 rings (SSSR count). The van der Waals surface area contributed by atoms with Crippen molar-refractivity contribution < 1.29 is 0 Å². The van der Waals surface area contributed by atoms with Crippen molar-refractivity contribution in [2.45, 2.75) is 0 Å². The van der Waals surface area contributed by atoms with E-state index in [1.807, 2.05) is 0 Å². The summed E-state index contributed by atoms with van der Waals surface area (Å²) in [5.41, 5.74) is 60.2. The van der Waals surface area contributed by atoms with Crippen molar-refractivity contribution in [2.75, 3.05) is 21.3 Å². The third-order valence-electron chi connectivity index (χ3n) is 28.0. The minimum absolute atomic E-state index is 0.548. The third kappa shape index (κ3) is 20.1. The van der Waals surface area contributed by atoms with Crippen LogP contribution in [0.15, 0.2) is 607 Å². The van der Waals surface area contributed by atoms with Crippen LogP contribution in [0.4, 0.5) is 45.5 Å². The van der Waals surface area contributed by atoms with Gasteiger partial charge in [0.25, 0.3) is 0 Å². The fourth-order valence-corrected chi connectivity index (χ4v) is 21.9. The lowest BCUT2D eigenvalue weighted by atomic mass is 9.85. The maximum absolute atomic E-state index is 7.30. The molecule has 149 heavy (non-hydrogen) atoms. The SMILES string of the molecule is Nc1c(-c2ccc(N(c3ccc(-c4ccc(C(=C(c5ccccc5)c5ccccc5)c5ccccc5)cc4)cc3)c3ccc(-c4ccc(C(=C(c5ccccc5)c5ccccc5)c5ccccc5)cc4)cc3)cc2)sc(-c2ccc(N(c3ccc(-c4ccc(C(=C(c5ccccc5)c5ccccc5)c5ccccc5)cc4)cc3)c3ccc(-c4ccc(C(=C(c5ccccc5)c5ccccc5)c5ccccc5)cc4)cc3)cc2)c1N. The van der Waals surface area contributed by atoms with Crippen LogP contribution < -0.4 is 21.3 Å². The Morgan fingerprint density at radius 2 is 0.215 bits per heavy atom. The predicted molar refractivity (Wildman–Crippen MR) is 633 cm³/mol. The number of nitrogens with two attached hydrogens (primary N) is 2. The van der Waals surface area contributed by atoms with Crippen LogP contribution in [0, 0.1) is 0 Å². The molecule has 0 saturated heterocycles. The number of thiophene rings is 1. The number of nitrogen functional groups attached to an aromatic ring is 2. The van der Waals surface area contributed by atoms with Gasteiger partial charge < -0.3 is 21.3 Å². The lowest BCUT2D eigenvalue weighted by molar-refractivity contribution is 1.28. The zero-order chi connectivity index (χ0) is 100.0. The summed E-state index contributed by atoms with van der Waals surface area (Å²) < 4.78 is 0. The highest BCUT2D eigenvalue weighted by atomic mass is 32.1. The number of benzene rings is 22. The van der Waals surface area contributed by atoms with Crippen LogP contribution in [-0.2, 0) is 0 Å². The average Bonchev–Trinajstić information content (AvgIpc) is 1.63. The molecule has 0 radical (unpaired) electrons. The topological polar surface area (TPSA) is 58.5 Å². The van der Waals surface area contributed by atoms with Crippen LogP contribution in [-0.4, -0.2) is 0 Å². The standard InChI is InChI=1S/C144H104N4S/c145-141-142(146)144(126-87-99-132(100-88-126)148(129-93-81-107(82-94-129)103-65-73-123(74-66-103)139(119-57-33-11-34-58-119)135(113-45-21-5-22-46-113)114-47-23-6-24-48-114)130-95-83-108(84-96-130)104-67-75-124(76-68-104)140(120-59-35-12-36-60-120)136(115-49-25-7-26-50-115)116-51-27-8-28-52-116)149-143(141)125-85-97-131(98-86-125)147(127-89-77-105(78-90-127)101-61-69-121(70-62-101)137(117-53-29-9-30-54-117)133(109-37-13-1-14-38-109)110-39-15-2-16-40-110)128-91-79-106(80-92-128)102-63-71-122(72-64-102)138(118-55-31-10-32-56-118)134(111-41-17-3-18-42-111)112-43-19-4-20-44-112/h1-100H,145-146H2. The third-order valence-corrected chi connectivity index (χ3v) is 29.4. The molecule has 0 bridgehead atoms. The normalized spacial score (nSPS) is 11.0. The van der Waals surface area contributed by atoms with Crippen LogP contribution >= 0.6 is 11.3 Å². The first-order valence-corrected chi connectivity index (χ1v) is 51.5. The van der Waals surface area contributed by atoms with Gasteiger partial charge in [-0.3, -0.25) is 0 Å². The van der Waals surface area contributed by atoms with E-state index in [1.54, 1.807) is 11.3 Å². The van der Waals surface area contributed by atoms with E-state index in [9.17, 15) is 0 Å². The minimum atomic E-state index is 0.548. The largest absolute Gasteiger partial charge is 0.396 e. The minimum Gasteiger partial charge on any atom is -0.396 e. The summed E-state index contributed by atoms with van der Waals surface area (Å²) in [6.07, 6.45) is 0. The Labute approximate surface area is 877 Å². The molecule has 0 fully saturated rings. The molecule has 22 aromatic carbocycles. The fraction of sp³-hybridized carbons (Fsp3) is 0. The number of rotatable bonds is 28. The highest BCUT2D eigenvalue weighted by molar-refractivity contribution is 7.20. The van der Waals surface area contributed by atoms with Crippen LogP contribution in [0.2, 0.25) is 0 Å². The zero-order valence-electron chi connectivity index (χ0n) is 82.2. The first-order valence-electron chi connectivity index (χ1n) is 50.7. The van der Waals surface area contributed by atoms with E-state index in [4.69, 9.17) is 11.5 Å². The van der Waals surface area contributed by atoms with Gasteiger partial charge in [-0.2, -0.15) is 0 Å². The number of hydrogen-bond donors (Lipinski definition) is 2. The summed E-state index contributed by atoms with van der Waals surface area (Å²) in [4.78, 5) is 6.48. The van der Waals surface area contributed by atoms with Crippen LogP contribution in [0.5, 0.6) is 0 Å². The van der Waals surface area contributed by atoms with E-state index in [2.05, 4.69) is 616 Å². The molecule has 0 aliphatic heterocycles. The summed E-state index contributed by atoms with van der Waals surface area (Å²) in [6.45, 7) is 0. The van der Waals surface area contributed by atoms with Gasteiger partial charge >= 0.3 is 0 Å². The second kappa shape index (κ2) is 43.5. The van der Waals surface area contributed by atoms with Crippen LogP contribution in [0.3, 0.4) is 0 Å². The first kappa shape index (κ1) is 93.4. The molecule has 0 amide bonds. The molecule has 0 aliphatic carbocycles. The van der Waals surface area contributed by atoms with Gasteiger partial charge in [-0.15, -0.1) is 11.3 Å². The van der Waals surface area contributed by atoms with Crippen molar-refractivity contribution in [3.05, 3.63) is 696 Å². The summed E-state index contributed by atoms with van der Waals surface area (Å²) >= 11 is 1.62. The second-order valence-corrected chi connectivity index (χ2v) is 38.3. The Hall–Kier alpha value is -19.3. The van der Waals surface area contributed by atoms with Gasteiger partial charge in [-0.25, -0.2) is 0 Å². The van der Waals surface area contributed by atoms with Gasteiger partial charge in [0.1, 0.15) is 0 Å².